The second-order valence-corrected chi connectivity index (χ2v) is 5.85. The number of carbonyl (C=O) groups is 1. The van der Waals surface area contributed by atoms with Crippen LogP contribution in [0.1, 0.15) is 27.3 Å². The summed E-state index contributed by atoms with van der Waals surface area (Å²) in [5.74, 6) is 5.57. The lowest BCUT2D eigenvalue weighted by atomic mass is 10.0. The first-order valence-corrected chi connectivity index (χ1v) is 8.06. The van der Waals surface area contributed by atoms with Gasteiger partial charge in [-0.15, -0.1) is 0 Å². The van der Waals surface area contributed by atoms with E-state index in [2.05, 4.69) is 20.4 Å². The van der Waals surface area contributed by atoms with Crippen LogP contribution in [0.5, 0.6) is 0 Å². The summed E-state index contributed by atoms with van der Waals surface area (Å²) in [7, 11) is 0. The summed E-state index contributed by atoms with van der Waals surface area (Å²) >= 11 is 0. The average molecular weight is 331 g/mol. The highest BCUT2D eigenvalue weighted by Gasteiger charge is 2.20. The minimum Gasteiger partial charge on any atom is -0.358 e. The number of aromatic amines is 1. The number of hydrogen-bond donors (Lipinski definition) is 3. The molecule has 4 N–H and O–H groups in total. The number of rotatable bonds is 3. The molecule has 3 heterocycles. The Bertz CT molecular complexity index is 959. The van der Waals surface area contributed by atoms with Crippen LogP contribution in [0.25, 0.3) is 11.3 Å². The molecule has 0 bridgehead atoms. The van der Waals surface area contributed by atoms with Gasteiger partial charge in [0.2, 0.25) is 0 Å². The fraction of sp³-hybridized carbons (Fsp3) is 0.105. The lowest BCUT2D eigenvalue weighted by molar-refractivity contribution is 0.0946. The van der Waals surface area contributed by atoms with Crippen LogP contribution in [0.15, 0.2) is 59.8 Å². The summed E-state index contributed by atoms with van der Waals surface area (Å²) in [6.07, 6.45) is 2.53. The van der Waals surface area contributed by atoms with Crippen LogP contribution in [0, 0.1) is 0 Å². The van der Waals surface area contributed by atoms with Crippen LogP contribution in [-0.2, 0) is 6.42 Å². The highest BCUT2D eigenvalue weighted by Crippen LogP contribution is 2.24. The molecule has 0 radical (unpaired) electrons. The maximum absolute atomic E-state index is 12.0. The Morgan fingerprint density at radius 2 is 2.00 bits per heavy atom. The van der Waals surface area contributed by atoms with Gasteiger partial charge in [0.15, 0.2) is 0 Å². The maximum Gasteiger partial charge on any atom is 0.253 e. The minimum absolute atomic E-state index is 0.0356. The van der Waals surface area contributed by atoms with Crippen LogP contribution in [0.3, 0.4) is 0 Å². The third-order valence-corrected chi connectivity index (χ3v) is 4.29. The first kappa shape index (κ1) is 15.1. The van der Waals surface area contributed by atoms with Gasteiger partial charge in [0.05, 0.1) is 11.3 Å². The summed E-state index contributed by atoms with van der Waals surface area (Å²) in [4.78, 5) is 19.7. The quantitative estimate of drug-likeness (QED) is 0.389. The normalized spacial score (nSPS) is 14.1. The number of H-pyrrole nitrogens is 1. The smallest absolute Gasteiger partial charge is 0.253 e. The van der Waals surface area contributed by atoms with E-state index in [1.807, 2.05) is 48.5 Å². The van der Waals surface area contributed by atoms with Crippen LogP contribution in [-0.4, -0.2) is 28.1 Å². The van der Waals surface area contributed by atoms with Gasteiger partial charge in [-0.2, -0.15) is 5.10 Å². The standard InChI is InChI=1S/C19H17N5O/c20-24-18(12-4-2-1-3-5-12)17-10-13(6-8-21-17)16-11-14-15(23-16)7-9-22-19(14)25/h1-6,8,10-11,23H,7,9,20H2,(H,22,25)/b24-18-. The highest BCUT2D eigenvalue weighted by atomic mass is 16.1. The Labute approximate surface area is 144 Å². The van der Waals surface area contributed by atoms with Crippen molar-refractivity contribution in [2.75, 3.05) is 6.54 Å². The van der Waals surface area contributed by atoms with Gasteiger partial charge in [0, 0.05) is 41.7 Å². The average Bonchev–Trinajstić information content (AvgIpc) is 3.09. The van der Waals surface area contributed by atoms with Crippen LogP contribution in [0.4, 0.5) is 0 Å². The molecule has 6 heteroatoms. The van der Waals surface area contributed by atoms with Crippen LogP contribution < -0.4 is 11.2 Å². The van der Waals surface area contributed by atoms with Gasteiger partial charge in [-0.05, 0) is 18.2 Å². The molecule has 124 valence electrons. The number of fused-ring (bicyclic) bond motifs is 1. The zero-order valence-corrected chi connectivity index (χ0v) is 13.5. The van der Waals surface area contributed by atoms with Gasteiger partial charge in [-0.1, -0.05) is 30.3 Å². The molecular weight excluding hydrogens is 314 g/mol. The van der Waals surface area contributed by atoms with Crippen molar-refractivity contribution in [3.05, 3.63) is 77.2 Å². The third kappa shape index (κ3) is 2.78. The van der Waals surface area contributed by atoms with E-state index in [4.69, 9.17) is 5.84 Å². The minimum atomic E-state index is -0.0356. The predicted molar refractivity (Wildman–Crippen MR) is 96.3 cm³/mol. The van der Waals surface area contributed by atoms with Gasteiger partial charge < -0.3 is 16.1 Å². The molecule has 0 spiro atoms. The molecule has 1 aromatic carbocycles. The molecule has 6 nitrogen and oxygen atoms in total. The first-order chi connectivity index (χ1) is 12.3. The zero-order valence-electron chi connectivity index (χ0n) is 13.5. The van der Waals surface area contributed by atoms with E-state index >= 15 is 0 Å². The molecular formula is C19H17N5O. The molecule has 0 saturated heterocycles. The molecule has 1 aliphatic heterocycles. The highest BCUT2D eigenvalue weighted by molar-refractivity contribution is 6.12. The van der Waals surface area contributed by atoms with Gasteiger partial charge in [-0.3, -0.25) is 9.78 Å². The molecule has 0 fully saturated rings. The molecule has 0 saturated carbocycles. The summed E-state index contributed by atoms with van der Waals surface area (Å²) in [5, 5.41) is 6.78. The Morgan fingerprint density at radius 1 is 1.16 bits per heavy atom. The van der Waals surface area contributed by atoms with Crippen molar-refractivity contribution < 1.29 is 4.79 Å². The van der Waals surface area contributed by atoms with Crippen molar-refractivity contribution in [1.82, 2.24) is 15.3 Å². The number of carbonyl (C=O) groups excluding carboxylic acids is 1. The second-order valence-electron chi connectivity index (χ2n) is 5.85. The lowest BCUT2D eigenvalue weighted by Gasteiger charge is -2.11. The number of aromatic nitrogens is 2. The molecule has 25 heavy (non-hydrogen) atoms. The zero-order chi connectivity index (χ0) is 17.2. The van der Waals surface area contributed by atoms with Crippen molar-refractivity contribution in [3.8, 4) is 11.3 Å². The van der Waals surface area contributed by atoms with Gasteiger partial charge >= 0.3 is 0 Å². The Hall–Kier alpha value is -3.41. The number of nitrogens with zero attached hydrogens (tertiary/aromatic N) is 2. The van der Waals surface area contributed by atoms with E-state index in [1.165, 1.54) is 0 Å². The molecule has 4 rings (SSSR count). The number of hydrazone groups is 1. The fourth-order valence-electron chi connectivity index (χ4n) is 3.06. The van der Waals surface area contributed by atoms with Gasteiger partial charge in [0.1, 0.15) is 5.71 Å². The van der Waals surface area contributed by atoms with Crippen LogP contribution in [0.2, 0.25) is 0 Å². The van der Waals surface area contributed by atoms with Crippen molar-refractivity contribution in [1.29, 1.82) is 0 Å². The van der Waals surface area contributed by atoms with E-state index in [1.54, 1.807) is 6.20 Å². The molecule has 0 unspecified atom stereocenters. The second kappa shape index (κ2) is 6.24. The summed E-state index contributed by atoms with van der Waals surface area (Å²) in [6, 6.07) is 15.4. The number of benzene rings is 1. The molecule has 1 amide bonds. The molecule has 2 aromatic heterocycles. The van der Waals surface area contributed by atoms with Crippen molar-refractivity contribution in [2.24, 2.45) is 10.9 Å². The Kier molecular flexibility index (Phi) is 3.78. The van der Waals surface area contributed by atoms with Gasteiger partial charge in [-0.25, -0.2) is 0 Å². The monoisotopic (exact) mass is 331 g/mol. The summed E-state index contributed by atoms with van der Waals surface area (Å²) < 4.78 is 0. The number of amides is 1. The number of pyridine rings is 1. The van der Waals surface area contributed by atoms with E-state index < -0.39 is 0 Å². The summed E-state index contributed by atoms with van der Waals surface area (Å²) in [6.45, 7) is 0.658. The molecule has 0 atom stereocenters. The topological polar surface area (TPSA) is 96.2 Å². The SMILES string of the molecule is N/N=C(/c1ccccc1)c1cc(-c2cc3c([nH]2)CCNC3=O)ccn1. The number of nitrogens with two attached hydrogens (primary N) is 1. The van der Waals surface area contributed by atoms with Crippen molar-refractivity contribution in [2.45, 2.75) is 6.42 Å². The maximum atomic E-state index is 12.0. The van der Waals surface area contributed by atoms with Gasteiger partial charge in [0.25, 0.3) is 5.91 Å². The number of hydrogen-bond acceptors (Lipinski definition) is 4. The lowest BCUT2D eigenvalue weighted by Crippen LogP contribution is -2.31. The molecule has 1 aliphatic rings. The van der Waals surface area contributed by atoms with E-state index in [-0.39, 0.29) is 5.91 Å². The Balaban J connectivity index is 1.74. The Morgan fingerprint density at radius 3 is 2.76 bits per heavy atom. The first-order valence-electron chi connectivity index (χ1n) is 8.06. The van der Waals surface area contributed by atoms with E-state index in [0.717, 1.165) is 28.9 Å². The number of nitrogens with one attached hydrogen (secondary N) is 2. The third-order valence-electron chi connectivity index (χ3n) is 4.29. The fourth-order valence-corrected chi connectivity index (χ4v) is 3.06. The van der Waals surface area contributed by atoms with Crippen molar-refractivity contribution in [3.63, 3.8) is 0 Å². The summed E-state index contributed by atoms with van der Waals surface area (Å²) in [5.41, 5.74) is 5.70. The van der Waals surface area contributed by atoms with E-state index in [0.29, 0.717) is 23.5 Å². The molecule has 0 aliphatic carbocycles. The van der Waals surface area contributed by atoms with Crippen molar-refractivity contribution >= 4 is 11.6 Å². The predicted octanol–water partition coefficient (Wildman–Crippen LogP) is 2.07. The van der Waals surface area contributed by atoms with Crippen LogP contribution >= 0.6 is 0 Å². The van der Waals surface area contributed by atoms with E-state index in [9.17, 15) is 4.79 Å². The molecule has 3 aromatic rings. The largest absolute Gasteiger partial charge is 0.358 e.